The number of primary amides is 1. The van der Waals surface area contributed by atoms with Gasteiger partial charge in [-0.3, -0.25) is 4.79 Å². The van der Waals surface area contributed by atoms with Gasteiger partial charge in [-0.15, -0.1) is 0 Å². The standard InChI is InChI=1S/C17H23N3O4/c1-11(19-17(22)20-6-5-13(10-20)16(18)21)12-3-4-14-15(9-12)24-8-2-7-23-14/h3-4,9,11,13H,2,5-8,10H2,1H3,(H2,18,21)(H,19,22)/t11-,13+/m0/s1. The zero-order valence-corrected chi connectivity index (χ0v) is 13.8. The molecule has 1 fully saturated rings. The molecule has 2 atom stereocenters. The van der Waals surface area contributed by atoms with Crippen molar-refractivity contribution in [1.82, 2.24) is 10.2 Å². The number of ether oxygens (including phenoxy) is 2. The highest BCUT2D eigenvalue weighted by molar-refractivity contribution is 5.80. The maximum atomic E-state index is 12.3. The third-order valence-corrected chi connectivity index (χ3v) is 4.49. The highest BCUT2D eigenvalue weighted by atomic mass is 16.5. The summed E-state index contributed by atoms with van der Waals surface area (Å²) in [5, 5.41) is 2.96. The van der Waals surface area contributed by atoms with Gasteiger partial charge >= 0.3 is 6.03 Å². The smallest absolute Gasteiger partial charge is 0.317 e. The predicted octanol–water partition coefficient (Wildman–Crippen LogP) is 1.43. The molecular weight excluding hydrogens is 310 g/mol. The van der Waals surface area contributed by atoms with Crippen molar-refractivity contribution in [3.63, 3.8) is 0 Å². The molecule has 2 aliphatic heterocycles. The number of urea groups is 1. The minimum absolute atomic E-state index is 0.178. The minimum Gasteiger partial charge on any atom is -0.490 e. The lowest BCUT2D eigenvalue weighted by Crippen LogP contribution is -2.40. The van der Waals surface area contributed by atoms with E-state index in [0.717, 1.165) is 17.7 Å². The van der Waals surface area contributed by atoms with Crippen molar-refractivity contribution in [2.75, 3.05) is 26.3 Å². The van der Waals surface area contributed by atoms with Crippen LogP contribution in [0.4, 0.5) is 4.79 Å². The Morgan fingerprint density at radius 1 is 1.29 bits per heavy atom. The zero-order valence-electron chi connectivity index (χ0n) is 13.8. The highest BCUT2D eigenvalue weighted by Gasteiger charge is 2.30. The summed E-state index contributed by atoms with van der Waals surface area (Å²) < 4.78 is 11.3. The summed E-state index contributed by atoms with van der Waals surface area (Å²) in [4.78, 5) is 25.2. The Kier molecular flexibility index (Phi) is 4.78. The summed E-state index contributed by atoms with van der Waals surface area (Å²) >= 11 is 0. The van der Waals surface area contributed by atoms with Gasteiger partial charge in [0.1, 0.15) is 0 Å². The van der Waals surface area contributed by atoms with E-state index < -0.39 is 0 Å². The maximum Gasteiger partial charge on any atom is 0.317 e. The molecule has 7 nitrogen and oxygen atoms in total. The van der Waals surface area contributed by atoms with E-state index in [0.29, 0.717) is 38.5 Å². The number of nitrogens with one attached hydrogen (secondary N) is 1. The fourth-order valence-electron chi connectivity index (χ4n) is 2.99. The van der Waals surface area contributed by atoms with E-state index in [4.69, 9.17) is 15.2 Å². The molecule has 0 aromatic heterocycles. The molecule has 1 saturated heterocycles. The van der Waals surface area contributed by atoms with Crippen LogP contribution in [-0.2, 0) is 4.79 Å². The third kappa shape index (κ3) is 3.55. The molecule has 0 bridgehead atoms. The van der Waals surface area contributed by atoms with Gasteiger partial charge in [-0.2, -0.15) is 0 Å². The van der Waals surface area contributed by atoms with Gasteiger partial charge < -0.3 is 25.4 Å². The third-order valence-electron chi connectivity index (χ3n) is 4.49. The van der Waals surface area contributed by atoms with E-state index in [-0.39, 0.29) is 23.9 Å². The normalized spacial score (nSPS) is 21.0. The number of carbonyl (C=O) groups is 2. The van der Waals surface area contributed by atoms with Crippen molar-refractivity contribution in [3.05, 3.63) is 23.8 Å². The number of rotatable bonds is 3. The predicted molar refractivity (Wildman–Crippen MR) is 87.9 cm³/mol. The number of benzene rings is 1. The number of hydrogen-bond donors (Lipinski definition) is 2. The molecule has 2 aliphatic rings. The Balaban J connectivity index is 1.62. The molecule has 3 N–H and O–H groups in total. The second kappa shape index (κ2) is 6.98. The van der Waals surface area contributed by atoms with E-state index >= 15 is 0 Å². The molecule has 0 saturated carbocycles. The lowest BCUT2D eigenvalue weighted by Gasteiger charge is -2.21. The van der Waals surface area contributed by atoms with Crippen LogP contribution in [0.5, 0.6) is 11.5 Å². The topological polar surface area (TPSA) is 93.9 Å². The Morgan fingerprint density at radius 2 is 2.04 bits per heavy atom. The molecule has 2 heterocycles. The molecule has 7 heteroatoms. The molecule has 0 aliphatic carbocycles. The molecule has 0 spiro atoms. The van der Waals surface area contributed by atoms with Gasteiger partial charge in [-0.1, -0.05) is 6.07 Å². The van der Waals surface area contributed by atoms with Gasteiger partial charge in [0.25, 0.3) is 0 Å². The lowest BCUT2D eigenvalue weighted by molar-refractivity contribution is -0.121. The van der Waals surface area contributed by atoms with Crippen LogP contribution in [-0.4, -0.2) is 43.1 Å². The van der Waals surface area contributed by atoms with Crippen LogP contribution in [0, 0.1) is 5.92 Å². The Morgan fingerprint density at radius 3 is 2.75 bits per heavy atom. The van der Waals surface area contributed by atoms with E-state index in [1.807, 2.05) is 25.1 Å². The van der Waals surface area contributed by atoms with Gasteiger partial charge in [0.05, 0.1) is 25.2 Å². The Hall–Kier alpha value is -2.44. The monoisotopic (exact) mass is 333 g/mol. The molecule has 24 heavy (non-hydrogen) atoms. The number of likely N-dealkylation sites (tertiary alicyclic amines) is 1. The number of nitrogens with two attached hydrogens (primary N) is 1. The van der Waals surface area contributed by atoms with Crippen LogP contribution in [0.25, 0.3) is 0 Å². The van der Waals surface area contributed by atoms with Crippen LogP contribution in [0.15, 0.2) is 18.2 Å². The van der Waals surface area contributed by atoms with Gasteiger partial charge in [0, 0.05) is 19.5 Å². The molecule has 0 radical (unpaired) electrons. The van der Waals surface area contributed by atoms with Crippen molar-refractivity contribution in [3.8, 4) is 11.5 Å². The second-order valence-electron chi connectivity index (χ2n) is 6.26. The van der Waals surface area contributed by atoms with Crippen molar-refractivity contribution in [2.24, 2.45) is 11.7 Å². The van der Waals surface area contributed by atoms with Crippen molar-refractivity contribution in [1.29, 1.82) is 0 Å². The number of amides is 3. The molecule has 1 aromatic rings. The first-order chi connectivity index (χ1) is 11.5. The van der Waals surface area contributed by atoms with Crippen LogP contribution >= 0.6 is 0 Å². The fraction of sp³-hybridized carbons (Fsp3) is 0.529. The summed E-state index contributed by atoms with van der Waals surface area (Å²) in [6.45, 7) is 4.12. The maximum absolute atomic E-state index is 12.3. The van der Waals surface area contributed by atoms with Crippen LogP contribution in [0.2, 0.25) is 0 Å². The first-order valence-corrected chi connectivity index (χ1v) is 8.29. The molecular formula is C17H23N3O4. The molecule has 3 amide bonds. The molecule has 130 valence electrons. The Labute approximate surface area is 141 Å². The SMILES string of the molecule is C[C@H](NC(=O)N1CC[C@@H](C(N)=O)C1)c1ccc2c(c1)OCCCO2. The number of hydrogen-bond acceptors (Lipinski definition) is 4. The fourth-order valence-corrected chi connectivity index (χ4v) is 2.99. The van der Waals surface area contributed by atoms with E-state index in [2.05, 4.69) is 5.32 Å². The van der Waals surface area contributed by atoms with Gasteiger partial charge in [-0.05, 0) is 31.0 Å². The van der Waals surface area contributed by atoms with Crippen molar-refractivity contribution in [2.45, 2.75) is 25.8 Å². The largest absolute Gasteiger partial charge is 0.490 e. The Bertz CT molecular complexity index is 634. The first kappa shape index (κ1) is 16.4. The zero-order chi connectivity index (χ0) is 17.1. The van der Waals surface area contributed by atoms with Gasteiger partial charge in [0.2, 0.25) is 5.91 Å². The van der Waals surface area contributed by atoms with E-state index in [1.165, 1.54) is 0 Å². The van der Waals surface area contributed by atoms with Crippen molar-refractivity contribution >= 4 is 11.9 Å². The average molecular weight is 333 g/mol. The summed E-state index contributed by atoms with van der Waals surface area (Å²) in [5.74, 6) is 0.852. The number of carbonyl (C=O) groups excluding carboxylic acids is 2. The molecule has 3 rings (SSSR count). The number of fused-ring (bicyclic) bond motifs is 1. The summed E-state index contributed by atoms with van der Waals surface area (Å²) in [6, 6.07) is 5.34. The van der Waals surface area contributed by atoms with Crippen molar-refractivity contribution < 1.29 is 19.1 Å². The average Bonchev–Trinajstić information content (AvgIpc) is 2.94. The quantitative estimate of drug-likeness (QED) is 0.875. The first-order valence-electron chi connectivity index (χ1n) is 8.29. The van der Waals surface area contributed by atoms with E-state index in [9.17, 15) is 9.59 Å². The highest BCUT2D eigenvalue weighted by Crippen LogP contribution is 2.32. The van der Waals surface area contributed by atoms with Gasteiger partial charge in [-0.25, -0.2) is 4.79 Å². The summed E-state index contributed by atoms with van der Waals surface area (Å²) in [5.41, 5.74) is 6.25. The number of nitrogens with zero attached hydrogens (tertiary/aromatic N) is 1. The second-order valence-corrected chi connectivity index (χ2v) is 6.26. The molecule has 0 unspecified atom stereocenters. The summed E-state index contributed by atoms with van der Waals surface area (Å²) in [6.07, 6.45) is 1.48. The summed E-state index contributed by atoms with van der Waals surface area (Å²) in [7, 11) is 0. The van der Waals surface area contributed by atoms with Crippen LogP contribution < -0.4 is 20.5 Å². The van der Waals surface area contributed by atoms with Gasteiger partial charge in [0.15, 0.2) is 11.5 Å². The minimum atomic E-state index is -0.346. The van der Waals surface area contributed by atoms with Crippen LogP contribution in [0.3, 0.4) is 0 Å². The van der Waals surface area contributed by atoms with Crippen LogP contribution in [0.1, 0.15) is 31.4 Å². The van der Waals surface area contributed by atoms with E-state index in [1.54, 1.807) is 4.90 Å². The lowest BCUT2D eigenvalue weighted by atomic mass is 10.1. The molecule has 1 aromatic carbocycles.